The third kappa shape index (κ3) is 8.09. The maximum Gasteiger partial charge on any atom is -0.0216 e. The molecule has 0 aromatic heterocycles. The van der Waals surface area contributed by atoms with Crippen molar-refractivity contribution in [1.29, 1.82) is 0 Å². The van der Waals surface area contributed by atoms with Crippen molar-refractivity contribution in [3.63, 3.8) is 0 Å². The van der Waals surface area contributed by atoms with E-state index in [-0.39, 0.29) is 0 Å². The van der Waals surface area contributed by atoms with Crippen LogP contribution in [0.25, 0.3) is 0 Å². The summed E-state index contributed by atoms with van der Waals surface area (Å²) in [7, 11) is 0. The molecule has 2 aromatic carbocycles. The van der Waals surface area contributed by atoms with Crippen LogP contribution in [0.1, 0.15) is 151 Å². The van der Waals surface area contributed by atoms with Gasteiger partial charge < -0.3 is 0 Å². The summed E-state index contributed by atoms with van der Waals surface area (Å²) in [5.41, 5.74) is 9.23. The average molecular weight is 435 g/mol. The van der Waals surface area contributed by atoms with Gasteiger partial charge in [-0.05, 0) is 82.7 Å². The van der Waals surface area contributed by atoms with Crippen molar-refractivity contribution in [3.05, 3.63) is 69.8 Å². The number of unbranched alkanes of at least 4 members (excludes halogenated alkanes) is 5. The molecule has 0 spiro atoms. The molecule has 0 fully saturated rings. The third-order valence-electron chi connectivity index (χ3n) is 6.97. The highest BCUT2D eigenvalue weighted by Crippen LogP contribution is 2.29. The van der Waals surface area contributed by atoms with Crippen LogP contribution in [0.15, 0.2) is 36.4 Å². The fourth-order valence-electron chi connectivity index (χ4n) is 4.98. The Hall–Kier alpha value is -1.56. The highest BCUT2D eigenvalue weighted by molar-refractivity contribution is 5.37. The van der Waals surface area contributed by atoms with E-state index in [2.05, 4.69) is 91.8 Å². The van der Waals surface area contributed by atoms with Crippen LogP contribution in [0.2, 0.25) is 0 Å². The van der Waals surface area contributed by atoms with Gasteiger partial charge in [-0.3, -0.25) is 0 Å². The Morgan fingerprint density at radius 2 is 0.719 bits per heavy atom. The molecule has 0 heterocycles. The molecular weight excluding hydrogens is 384 g/mol. The van der Waals surface area contributed by atoms with Gasteiger partial charge in [0.25, 0.3) is 0 Å². The summed E-state index contributed by atoms with van der Waals surface area (Å²) in [5, 5.41) is 0. The lowest BCUT2D eigenvalue weighted by Crippen LogP contribution is -2.00. The van der Waals surface area contributed by atoms with Crippen molar-refractivity contribution < 1.29 is 0 Å². The van der Waals surface area contributed by atoms with E-state index < -0.39 is 0 Å². The Kier molecular flexibility index (Phi) is 11.0. The molecule has 0 saturated heterocycles. The molecule has 0 heteroatoms. The minimum atomic E-state index is 0.616. The SMILES string of the molecule is CC(C)c1ccc(CCCCCCCCc2ccc(C(C)C)c(C(C)C)c2)cc1C(C)C. The molecule has 0 saturated carbocycles. The maximum absolute atomic E-state index is 2.48. The van der Waals surface area contributed by atoms with Crippen LogP contribution >= 0.6 is 0 Å². The van der Waals surface area contributed by atoms with Crippen LogP contribution in [0, 0.1) is 0 Å². The zero-order valence-electron chi connectivity index (χ0n) is 22.4. The van der Waals surface area contributed by atoms with Crippen LogP contribution in [0.4, 0.5) is 0 Å². The van der Waals surface area contributed by atoms with Crippen molar-refractivity contribution in [2.75, 3.05) is 0 Å². The number of rotatable bonds is 13. The first-order chi connectivity index (χ1) is 15.2. The monoisotopic (exact) mass is 434 g/mol. The van der Waals surface area contributed by atoms with Crippen molar-refractivity contribution in [1.82, 2.24) is 0 Å². The lowest BCUT2D eigenvalue weighted by molar-refractivity contribution is 0.593. The van der Waals surface area contributed by atoms with E-state index in [4.69, 9.17) is 0 Å². The van der Waals surface area contributed by atoms with Crippen molar-refractivity contribution in [3.8, 4) is 0 Å². The molecule has 2 aromatic rings. The Labute approximate surface area is 200 Å². The molecule has 0 atom stereocenters. The van der Waals surface area contributed by atoms with E-state index in [1.165, 1.54) is 73.6 Å². The highest BCUT2D eigenvalue weighted by Gasteiger charge is 2.12. The molecular formula is C32H50. The zero-order chi connectivity index (χ0) is 23.7. The molecule has 0 N–H and O–H groups in total. The summed E-state index contributed by atoms with van der Waals surface area (Å²) in [6.07, 6.45) is 10.6. The number of aryl methyl sites for hydroxylation is 2. The van der Waals surface area contributed by atoms with Gasteiger partial charge in [0.15, 0.2) is 0 Å². The normalized spacial score (nSPS) is 12.0. The summed E-state index contributed by atoms with van der Waals surface area (Å²) in [6, 6.07) is 14.5. The standard InChI is InChI=1S/C32H50/c1-23(2)29-19-17-27(21-31(29)25(5)6)15-13-11-9-10-12-14-16-28-18-20-30(24(3)4)32(22-28)26(7)8/h17-26H,9-16H2,1-8H3. The van der Waals surface area contributed by atoms with Crippen LogP contribution in [-0.2, 0) is 12.8 Å². The fraction of sp³-hybridized carbons (Fsp3) is 0.625. The van der Waals surface area contributed by atoms with Crippen LogP contribution in [0.5, 0.6) is 0 Å². The van der Waals surface area contributed by atoms with Gasteiger partial charge in [-0.2, -0.15) is 0 Å². The number of hydrogen-bond donors (Lipinski definition) is 0. The first kappa shape index (κ1) is 26.7. The smallest absolute Gasteiger partial charge is 0.0216 e. The second-order valence-electron chi connectivity index (χ2n) is 11.2. The minimum Gasteiger partial charge on any atom is -0.0587 e. The summed E-state index contributed by atoms with van der Waals surface area (Å²) >= 11 is 0. The topological polar surface area (TPSA) is 0 Å². The summed E-state index contributed by atoms with van der Waals surface area (Å²) < 4.78 is 0. The quantitative estimate of drug-likeness (QED) is 0.275. The minimum absolute atomic E-state index is 0.616. The van der Waals surface area contributed by atoms with Crippen LogP contribution < -0.4 is 0 Å². The zero-order valence-corrected chi connectivity index (χ0v) is 22.4. The molecule has 0 aliphatic carbocycles. The van der Waals surface area contributed by atoms with E-state index in [0.29, 0.717) is 23.7 Å². The molecule has 0 radical (unpaired) electrons. The van der Waals surface area contributed by atoms with Gasteiger partial charge in [0.05, 0.1) is 0 Å². The third-order valence-corrected chi connectivity index (χ3v) is 6.97. The van der Waals surface area contributed by atoms with Crippen LogP contribution in [-0.4, -0.2) is 0 Å². The number of benzene rings is 2. The Morgan fingerprint density at radius 1 is 0.406 bits per heavy atom. The van der Waals surface area contributed by atoms with E-state index in [1.54, 1.807) is 11.1 Å². The summed E-state index contributed by atoms with van der Waals surface area (Å²) in [6.45, 7) is 18.5. The van der Waals surface area contributed by atoms with E-state index in [1.807, 2.05) is 0 Å². The molecule has 32 heavy (non-hydrogen) atoms. The Morgan fingerprint density at radius 3 is 1.03 bits per heavy atom. The molecule has 0 aliphatic heterocycles. The van der Waals surface area contributed by atoms with Crippen molar-refractivity contribution >= 4 is 0 Å². The van der Waals surface area contributed by atoms with Gasteiger partial charge >= 0.3 is 0 Å². The average Bonchev–Trinajstić information content (AvgIpc) is 2.74. The molecule has 0 nitrogen and oxygen atoms in total. The van der Waals surface area contributed by atoms with E-state index in [0.717, 1.165) is 0 Å². The van der Waals surface area contributed by atoms with Crippen molar-refractivity contribution in [2.45, 2.75) is 130 Å². The first-order valence-electron chi connectivity index (χ1n) is 13.5. The first-order valence-corrected chi connectivity index (χ1v) is 13.5. The highest BCUT2D eigenvalue weighted by atomic mass is 14.2. The van der Waals surface area contributed by atoms with Crippen molar-refractivity contribution in [2.24, 2.45) is 0 Å². The Balaban J connectivity index is 1.69. The molecule has 2 rings (SSSR count). The Bertz CT molecular complexity index is 737. The van der Waals surface area contributed by atoms with Gasteiger partial charge in [-0.1, -0.05) is 117 Å². The predicted molar refractivity (Wildman–Crippen MR) is 144 cm³/mol. The van der Waals surface area contributed by atoms with Crippen LogP contribution in [0.3, 0.4) is 0 Å². The van der Waals surface area contributed by atoms with Gasteiger partial charge in [-0.25, -0.2) is 0 Å². The van der Waals surface area contributed by atoms with Gasteiger partial charge in [-0.15, -0.1) is 0 Å². The second kappa shape index (κ2) is 13.2. The largest absolute Gasteiger partial charge is 0.0587 e. The van der Waals surface area contributed by atoms with Gasteiger partial charge in [0.2, 0.25) is 0 Å². The van der Waals surface area contributed by atoms with Gasteiger partial charge in [0.1, 0.15) is 0 Å². The summed E-state index contributed by atoms with van der Waals surface area (Å²) in [5.74, 6) is 2.47. The molecule has 0 unspecified atom stereocenters. The fourth-order valence-corrected chi connectivity index (χ4v) is 4.98. The summed E-state index contributed by atoms with van der Waals surface area (Å²) in [4.78, 5) is 0. The van der Waals surface area contributed by atoms with E-state index >= 15 is 0 Å². The molecule has 0 aliphatic rings. The predicted octanol–water partition coefficient (Wildman–Crippen LogP) is 10.3. The maximum atomic E-state index is 2.48. The molecule has 178 valence electrons. The lowest BCUT2D eigenvalue weighted by Gasteiger charge is -2.17. The number of hydrogen-bond acceptors (Lipinski definition) is 0. The lowest BCUT2D eigenvalue weighted by atomic mass is 9.88. The molecule has 0 amide bonds. The van der Waals surface area contributed by atoms with Gasteiger partial charge in [0, 0.05) is 0 Å². The second-order valence-corrected chi connectivity index (χ2v) is 11.2. The molecule has 0 bridgehead atoms. The van der Waals surface area contributed by atoms with E-state index in [9.17, 15) is 0 Å².